The predicted molar refractivity (Wildman–Crippen MR) is 62.3 cm³/mol. The minimum absolute atomic E-state index is 0.0991. The Hall–Kier alpha value is -0.880. The number of carbonyl (C=O) groups is 1. The maximum absolute atomic E-state index is 11.6. The number of sulfonamides is 1. The fourth-order valence-corrected chi connectivity index (χ4v) is 2.98. The van der Waals surface area contributed by atoms with Crippen molar-refractivity contribution in [2.45, 2.75) is 19.9 Å². The monoisotopic (exact) mass is 246 g/mol. The van der Waals surface area contributed by atoms with Gasteiger partial charge in [0.1, 0.15) is 0 Å². The SMILES string of the molecule is C=CC(=O)N[C@H]1CN(S(=O)(=O)CC)C[C@H]1C. The van der Waals surface area contributed by atoms with Crippen LogP contribution < -0.4 is 5.32 Å². The van der Waals surface area contributed by atoms with Crippen LogP contribution in [-0.2, 0) is 14.8 Å². The zero-order chi connectivity index (χ0) is 12.3. The minimum Gasteiger partial charge on any atom is -0.348 e. The van der Waals surface area contributed by atoms with Gasteiger partial charge >= 0.3 is 0 Å². The molecule has 92 valence electrons. The normalized spacial score (nSPS) is 26.6. The molecule has 0 aliphatic carbocycles. The molecule has 0 radical (unpaired) electrons. The van der Waals surface area contributed by atoms with Crippen molar-refractivity contribution in [3.05, 3.63) is 12.7 Å². The Morgan fingerprint density at radius 1 is 1.56 bits per heavy atom. The van der Waals surface area contributed by atoms with Crippen LogP contribution >= 0.6 is 0 Å². The Bertz CT molecular complexity index is 378. The molecule has 0 unspecified atom stereocenters. The number of carbonyl (C=O) groups excluding carboxylic acids is 1. The summed E-state index contributed by atoms with van der Waals surface area (Å²) >= 11 is 0. The summed E-state index contributed by atoms with van der Waals surface area (Å²) in [6.07, 6.45) is 1.20. The molecule has 1 saturated heterocycles. The first kappa shape index (κ1) is 13.2. The average Bonchev–Trinajstić information content (AvgIpc) is 2.61. The summed E-state index contributed by atoms with van der Waals surface area (Å²) in [5.74, 6) is -0.0280. The van der Waals surface area contributed by atoms with E-state index in [4.69, 9.17) is 0 Å². The molecule has 1 heterocycles. The summed E-state index contributed by atoms with van der Waals surface area (Å²) in [7, 11) is -3.15. The van der Waals surface area contributed by atoms with E-state index in [1.807, 2.05) is 6.92 Å². The average molecular weight is 246 g/mol. The molecule has 16 heavy (non-hydrogen) atoms. The highest BCUT2D eigenvalue weighted by atomic mass is 32.2. The van der Waals surface area contributed by atoms with Gasteiger partial charge in [0.2, 0.25) is 15.9 Å². The van der Waals surface area contributed by atoms with Crippen molar-refractivity contribution < 1.29 is 13.2 Å². The van der Waals surface area contributed by atoms with Crippen molar-refractivity contribution in [3.8, 4) is 0 Å². The highest BCUT2D eigenvalue weighted by molar-refractivity contribution is 7.89. The maximum Gasteiger partial charge on any atom is 0.243 e. The van der Waals surface area contributed by atoms with Gasteiger partial charge in [-0.05, 0) is 18.9 Å². The summed E-state index contributed by atoms with van der Waals surface area (Å²) in [5.41, 5.74) is 0. The maximum atomic E-state index is 11.6. The zero-order valence-corrected chi connectivity index (χ0v) is 10.5. The van der Waals surface area contributed by atoms with Crippen LogP contribution in [0.25, 0.3) is 0 Å². The molecule has 1 aliphatic heterocycles. The van der Waals surface area contributed by atoms with Crippen LogP contribution in [0.5, 0.6) is 0 Å². The summed E-state index contributed by atoms with van der Waals surface area (Å²) in [5, 5.41) is 2.74. The molecule has 0 spiro atoms. The number of nitrogens with one attached hydrogen (secondary N) is 1. The van der Waals surface area contributed by atoms with Crippen molar-refractivity contribution >= 4 is 15.9 Å². The molecule has 0 bridgehead atoms. The Balaban J connectivity index is 2.67. The predicted octanol–water partition coefficient (Wildman–Crippen LogP) is -0.0414. The van der Waals surface area contributed by atoms with Gasteiger partial charge in [0, 0.05) is 19.1 Å². The summed E-state index contributed by atoms with van der Waals surface area (Å²) in [6.45, 7) is 7.75. The molecule has 1 N–H and O–H groups in total. The third kappa shape index (κ3) is 2.82. The standard InChI is InChI=1S/C10H18N2O3S/c1-4-10(13)11-9-7-12(6-8(9)3)16(14,15)5-2/h4,8-9H,1,5-7H2,2-3H3,(H,11,13)/t8-,9+/m1/s1. The van der Waals surface area contributed by atoms with E-state index in [1.165, 1.54) is 10.4 Å². The minimum atomic E-state index is -3.15. The van der Waals surface area contributed by atoms with Crippen LogP contribution in [-0.4, -0.2) is 43.5 Å². The van der Waals surface area contributed by atoms with E-state index in [-0.39, 0.29) is 23.6 Å². The lowest BCUT2D eigenvalue weighted by Gasteiger charge is -2.15. The Labute approximate surface area is 96.6 Å². The fourth-order valence-electron chi connectivity index (χ4n) is 1.76. The molecule has 5 nitrogen and oxygen atoms in total. The number of hydrogen-bond acceptors (Lipinski definition) is 3. The third-order valence-electron chi connectivity index (χ3n) is 2.85. The first-order valence-corrected chi connectivity index (χ1v) is 6.92. The van der Waals surface area contributed by atoms with E-state index in [0.29, 0.717) is 13.1 Å². The molecule has 2 atom stereocenters. The van der Waals surface area contributed by atoms with Gasteiger partial charge in [-0.2, -0.15) is 4.31 Å². The van der Waals surface area contributed by atoms with Gasteiger partial charge in [0.15, 0.2) is 0 Å². The van der Waals surface area contributed by atoms with Gasteiger partial charge in [-0.1, -0.05) is 13.5 Å². The van der Waals surface area contributed by atoms with Gasteiger partial charge in [0.05, 0.1) is 5.75 Å². The zero-order valence-electron chi connectivity index (χ0n) is 9.64. The smallest absolute Gasteiger partial charge is 0.243 e. The van der Waals surface area contributed by atoms with Crippen molar-refractivity contribution in [2.75, 3.05) is 18.8 Å². The second kappa shape index (κ2) is 4.97. The van der Waals surface area contributed by atoms with Crippen LogP contribution in [0.2, 0.25) is 0 Å². The van der Waals surface area contributed by atoms with Crippen LogP contribution in [0.1, 0.15) is 13.8 Å². The second-order valence-electron chi connectivity index (χ2n) is 4.01. The molecular formula is C10H18N2O3S. The Morgan fingerprint density at radius 3 is 2.69 bits per heavy atom. The largest absolute Gasteiger partial charge is 0.348 e. The molecule has 0 aromatic rings. The lowest BCUT2D eigenvalue weighted by Crippen LogP contribution is -2.39. The van der Waals surface area contributed by atoms with Crippen LogP contribution in [0.4, 0.5) is 0 Å². The second-order valence-corrected chi connectivity index (χ2v) is 6.27. The van der Waals surface area contributed by atoms with Gasteiger partial charge in [-0.15, -0.1) is 0 Å². The van der Waals surface area contributed by atoms with Crippen molar-refractivity contribution in [2.24, 2.45) is 5.92 Å². The van der Waals surface area contributed by atoms with Crippen LogP contribution in [0.15, 0.2) is 12.7 Å². The number of nitrogens with zero attached hydrogens (tertiary/aromatic N) is 1. The lowest BCUT2D eigenvalue weighted by molar-refractivity contribution is -0.117. The Morgan fingerprint density at radius 2 is 2.19 bits per heavy atom. The van der Waals surface area contributed by atoms with Gasteiger partial charge in [0.25, 0.3) is 0 Å². The van der Waals surface area contributed by atoms with E-state index in [1.54, 1.807) is 6.92 Å². The van der Waals surface area contributed by atoms with E-state index >= 15 is 0 Å². The molecule has 0 aromatic carbocycles. The van der Waals surface area contributed by atoms with Gasteiger partial charge in [-0.3, -0.25) is 4.79 Å². The van der Waals surface area contributed by atoms with E-state index < -0.39 is 10.0 Å². The number of rotatable bonds is 4. The number of hydrogen-bond donors (Lipinski definition) is 1. The van der Waals surface area contributed by atoms with Crippen molar-refractivity contribution in [1.29, 1.82) is 0 Å². The molecule has 1 rings (SSSR count). The molecule has 1 amide bonds. The first-order chi connectivity index (χ1) is 7.40. The summed E-state index contributed by atoms with van der Waals surface area (Å²) < 4.78 is 24.7. The lowest BCUT2D eigenvalue weighted by atomic mass is 10.1. The molecular weight excluding hydrogens is 228 g/mol. The van der Waals surface area contributed by atoms with Crippen LogP contribution in [0, 0.1) is 5.92 Å². The third-order valence-corrected chi connectivity index (χ3v) is 4.66. The van der Waals surface area contributed by atoms with Crippen molar-refractivity contribution in [1.82, 2.24) is 9.62 Å². The quantitative estimate of drug-likeness (QED) is 0.708. The highest BCUT2D eigenvalue weighted by Crippen LogP contribution is 2.19. The van der Waals surface area contributed by atoms with Gasteiger partial charge in [-0.25, -0.2) is 8.42 Å². The summed E-state index contributed by atoms with van der Waals surface area (Å²) in [6, 6.07) is -0.119. The van der Waals surface area contributed by atoms with E-state index in [2.05, 4.69) is 11.9 Å². The van der Waals surface area contributed by atoms with Gasteiger partial charge < -0.3 is 5.32 Å². The van der Waals surface area contributed by atoms with Crippen LogP contribution in [0.3, 0.4) is 0 Å². The Kier molecular flexibility index (Phi) is 4.09. The molecule has 1 aliphatic rings. The highest BCUT2D eigenvalue weighted by Gasteiger charge is 2.35. The first-order valence-electron chi connectivity index (χ1n) is 5.31. The molecule has 6 heteroatoms. The fraction of sp³-hybridized carbons (Fsp3) is 0.700. The molecule has 0 aromatic heterocycles. The summed E-state index contributed by atoms with van der Waals surface area (Å²) in [4.78, 5) is 11.1. The number of amides is 1. The molecule has 0 saturated carbocycles. The van der Waals surface area contributed by atoms with Crippen molar-refractivity contribution in [3.63, 3.8) is 0 Å². The van der Waals surface area contributed by atoms with E-state index in [0.717, 1.165) is 0 Å². The topological polar surface area (TPSA) is 66.5 Å². The molecule has 1 fully saturated rings. The van der Waals surface area contributed by atoms with E-state index in [9.17, 15) is 13.2 Å².